The maximum Gasteiger partial charge on any atom is 0.411 e. The lowest BCUT2D eigenvalue weighted by atomic mass is 9.71. The third-order valence-corrected chi connectivity index (χ3v) is 12.4. The summed E-state index contributed by atoms with van der Waals surface area (Å²) in [5, 5.41) is -0.597. The Bertz CT molecular complexity index is 2480. The normalized spacial score (nSPS) is 15.2. The summed E-state index contributed by atoms with van der Waals surface area (Å²) in [5.74, 6) is -6.43. The van der Waals surface area contributed by atoms with E-state index in [-0.39, 0.29) is 56.6 Å². The minimum Gasteiger partial charge on any atom is -0.266 e. The lowest BCUT2D eigenvalue weighted by Gasteiger charge is -2.38. The molecular formula is C37H28F6N2O10S2. The molecule has 4 aromatic rings. The van der Waals surface area contributed by atoms with E-state index < -0.39 is 105 Å². The Hall–Kier alpha value is -5.44. The summed E-state index contributed by atoms with van der Waals surface area (Å²) in [7, 11) is -9.95. The van der Waals surface area contributed by atoms with Crippen molar-refractivity contribution in [3.05, 3.63) is 127 Å². The number of hydroxylamine groups is 4. The second kappa shape index (κ2) is 13.3. The number of amides is 4. The van der Waals surface area contributed by atoms with Crippen molar-refractivity contribution in [1.82, 2.24) is 10.1 Å². The molecule has 0 aliphatic carbocycles. The second-order valence-electron chi connectivity index (χ2n) is 13.6. The van der Waals surface area contributed by atoms with E-state index in [1.807, 2.05) is 0 Å². The molecule has 2 heterocycles. The number of halogens is 6. The molecule has 300 valence electrons. The number of rotatable bonds is 8. The summed E-state index contributed by atoms with van der Waals surface area (Å²) in [5.41, 5.74) is -10.3. The molecule has 57 heavy (non-hydrogen) atoms. The van der Waals surface area contributed by atoms with Crippen molar-refractivity contribution < 1.29 is 70.9 Å². The van der Waals surface area contributed by atoms with Gasteiger partial charge in [-0.05, 0) is 99.2 Å². The molecule has 12 nitrogen and oxygen atoms in total. The minimum atomic E-state index is -6.33. The van der Waals surface area contributed by atoms with Crippen molar-refractivity contribution in [2.75, 3.05) is 0 Å². The highest BCUT2D eigenvalue weighted by Crippen LogP contribution is 2.57. The summed E-state index contributed by atoms with van der Waals surface area (Å²) >= 11 is 0. The maximum atomic E-state index is 15.2. The quantitative estimate of drug-likeness (QED) is 0.137. The molecule has 0 saturated heterocycles. The van der Waals surface area contributed by atoms with Gasteiger partial charge in [-0.3, -0.25) is 19.2 Å². The number of imide groups is 2. The molecule has 4 aromatic carbocycles. The second-order valence-corrected chi connectivity index (χ2v) is 16.5. The topological polar surface area (TPSA) is 161 Å². The number of carbonyl (C=O) groups excluding carboxylic acids is 4. The standard InChI is InChI=1S/C37H28F6N2O10S2/c1-17-11-19(3)29(20(4)12-17)56(50,51)54-44-31(46)25-9-7-23(15-27(25)33(44)48)35(36(38,39)40,37(41,42)43)24-8-10-26-28(16-24)34(49)45(32(26)47)55-57(52,53)30-21(5)13-18(2)14-22(30)6/h7-16H,1-6H3. The van der Waals surface area contributed by atoms with Gasteiger partial charge in [-0.1, -0.05) is 47.5 Å². The Balaban J connectivity index is 1.42. The first-order valence-corrected chi connectivity index (χ1v) is 19.2. The van der Waals surface area contributed by atoms with Crippen molar-refractivity contribution in [2.24, 2.45) is 0 Å². The molecule has 4 amide bonds. The summed E-state index contributed by atoms with van der Waals surface area (Å²) in [6.45, 7) is 8.88. The first kappa shape index (κ1) is 41.2. The van der Waals surface area contributed by atoms with E-state index in [2.05, 4.69) is 0 Å². The smallest absolute Gasteiger partial charge is 0.266 e. The fraction of sp³-hybridized carbons (Fsp3) is 0.243. The molecule has 0 atom stereocenters. The number of fused-ring (bicyclic) bond motifs is 2. The van der Waals surface area contributed by atoms with E-state index in [1.165, 1.54) is 52.0 Å². The fourth-order valence-electron chi connectivity index (χ4n) is 7.41. The van der Waals surface area contributed by atoms with Gasteiger partial charge in [0.2, 0.25) is 5.41 Å². The minimum absolute atomic E-state index is 0.101. The van der Waals surface area contributed by atoms with Crippen LogP contribution in [0, 0.1) is 41.5 Å². The molecule has 2 aliphatic heterocycles. The van der Waals surface area contributed by atoms with Crippen LogP contribution in [0.2, 0.25) is 0 Å². The van der Waals surface area contributed by atoms with Crippen LogP contribution >= 0.6 is 0 Å². The average molecular weight is 839 g/mol. The van der Waals surface area contributed by atoms with Crippen LogP contribution in [0.1, 0.15) is 85.9 Å². The van der Waals surface area contributed by atoms with Crippen LogP contribution in [0.5, 0.6) is 0 Å². The van der Waals surface area contributed by atoms with Crippen LogP contribution in [0.4, 0.5) is 26.3 Å². The van der Waals surface area contributed by atoms with Gasteiger partial charge in [0.25, 0.3) is 23.6 Å². The maximum absolute atomic E-state index is 15.2. The van der Waals surface area contributed by atoms with Crippen LogP contribution in [0.3, 0.4) is 0 Å². The van der Waals surface area contributed by atoms with Crippen LogP contribution in [-0.2, 0) is 34.2 Å². The Morgan fingerprint density at radius 2 is 0.737 bits per heavy atom. The molecule has 0 saturated carbocycles. The largest absolute Gasteiger partial charge is 0.411 e. The van der Waals surface area contributed by atoms with Crippen molar-refractivity contribution in [1.29, 1.82) is 0 Å². The number of alkyl halides is 6. The molecule has 0 aromatic heterocycles. The predicted molar refractivity (Wildman–Crippen MR) is 185 cm³/mol. The van der Waals surface area contributed by atoms with Crippen LogP contribution in [0.15, 0.2) is 70.5 Å². The first-order valence-electron chi connectivity index (χ1n) is 16.4. The number of benzene rings is 4. The molecule has 0 fully saturated rings. The first-order chi connectivity index (χ1) is 26.2. The average Bonchev–Trinajstić information content (AvgIpc) is 3.41. The summed E-state index contributed by atoms with van der Waals surface area (Å²) in [4.78, 5) is 52.3. The molecular weight excluding hydrogens is 811 g/mol. The summed E-state index contributed by atoms with van der Waals surface area (Å²) in [6, 6.07) is 7.40. The number of nitrogens with zero attached hydrogens (tertiary/aromatic N) is 2. The molecule has 0 N–H and O–H groups in total. The Morgan fingerprint density at radius 1 is 0.456 bits per heavy atom. The van der Waals surface area contributed by atoms with E-state index in [0.29, 0.717) is 23.3 Å². The third-order valence-electron chi connectivity index (χ3n) is 9.47. The molecule has 6 rings (SSSR count). The summed E-state index contributed by atoms with van der Waals surface area (Å²) in [6.07, 6.45) is -12.7. The molecule has 2 aliphatic rings. The van der Waals surface area contributed by atoms with Gasteiger partial charge < -0.3 is 0 Å². The van der Waals surface area contributed by atoms with Gasteiger partial charge in [0, 0.05) is 0 Å². The zero-order valence-electron chi connectivity index (χ0n) is 30.3. The lowest BCUT2D eigenvalue weighted by molar-refractivity contribution is -0.288. The van der Waals surface area contributed by atoms with E-state index in [0.717, 1.165) is 0 Å². The van der Waals surface area contributed by atoms with Crippen molar-refractivity contribution in [3.63, 3.8) is 0 Å². The predicted octanol–water partition coefficient (Wildman–Crippen LogP) is 6.78. The highest BCUT2D eigenvalue weighted by atomic mass is 32.2. The van der Waals surface area contributed by atoms with Gasteiger partial charge in [0.1, 0.15) is 9.79 Å². The van der Waals surface area contributed by atoms with E-state index in [1.54, 1.807) is 13.8 Å². The molecule has 0 unspecified atom stereocenters. The van der Waals surface area contributed by atoms with E-state index in [4.69, 9.17) is 8.57 Å². The summed E-state index contributed by atoms with van der Waals surface area (Å²) < 4.78 is 154. The van der Waals surface area contributed by atoms with Crippen LogP contribution in [-0.4, -0.2) is 62.9 Å². The number of hydrogen-bond donors (Lipinski definition) is 0. The lowest BCUT2D eigenvalue weighted by Crippen LogP contribution is -2.55. The highest BCUT2D eigenvalue weighted by molar-refractivity contribution is 7.87. The van der Waals surface area contributed by atoms with Crippen LogP contribution < -0.4 is 0 Å². The molecule has 0 spiro atoms. The Labute approximate surface area is 320 Å². The van der Waals surface area contributed by atoms with Crippen LogP contribution in [0.25, 0.3) is 0 Å². The SMILES string of the molecule is Cc1cc(C)c(S(=O)(=O)ON2C(=O)c3ccc(C(c4ccc5c(c4)C(=O)N(OS(=O)(=O)c4c(C)cc(C)cc4C)C5=O)(C(F)(F)F)C(F)(F)F)cc3C2=O)c(C)c1. The Kier molecular flexibility index (Phi) is 9.63. The van der Waals surface area contributed by atoms with Gasteiger partial charge in [0.05, 0.1) is 22.3 Å². The van der Waals surface area contributed by atoms with Crippen molar-refractivity contribution >= 4 is 43.9 Å². The van der Waals surface area contributed by atoms with Crippen molar-refractivity contribution in [2.45, 2.75) is 69.1 Å². The monoisotopic (exact) mass is 838 g/mol. The zero-order valence-corrected chi connectivity index (χ0v) is 32.0. The molecule has 0 radical (unpaired) electrons. The number of aryl methyl sites for hydroxylation is 6. The van der Waals surface area contributed by atoms with E-state index in [9.17, 15) is 36.0 Å². The number of carbonyl (C=O) groups is 4. The van der Waals surface area contributed by atoms with Gasteiger partial charge >= 0.3 is 32.6 Å². The molecule has 0 bridgehead atoms. The third kappa shape index (κ3) is 6.39. The Morgan fingerprint density at radius 3 is 1.02 bits per heavy atom. The van der Waals surface area contributed by atoms with Gasteiger partial charge in [-0.25, -0.2) is 0 Å². The van der Waals surface area contributed by atoms with Gasteiger partial charge in [-0.2, -0.15) is 43.2 Å². The van der Waals surface area contributed by atoms with Crippen molar-refractivity contribution in [3.8, 4) is 0 Å². The van der Waals surface area contributed by atoms with Gasteiger partial charge in [-0.15, -0.1) is 18.7 Å². The zero-order chi connectivity index (χ0) is 42.5. The van der Waals surface area contributed by atoms with Gasteiger partial charge in [0.15, 0.2) is 0 Å². The fourth-order valence-corrected chi connectivity index (χ4v) is 10.0. The highest BCUT2D eigenvalue weighted by Gasteiger charge is 2.73. The number of hydrogen-bond acceptors (Lipinski definition) is 10. The van der Waals surface area contributed by atoms with E-state index >= 15 is 26.3 Å². The molecule has 20 heteroatoms.